The zero-order valence-corrected chi connectivity index (χ0v) is 12.0. The van der Waals surface area contributed by atoms with Gasteiger partial charge in [-0.3, -0.25) is 25.4 Å². The van der Waals surface area contributed by atoms with Crippen molar-refractivity contribution >= 4 is 11.8 Å². The summed E-state index contributed by atoms with van der Waals surface area (Å²) in [5.74, 6) is -0.839. The molecule has 0 spiro atoms. The van der Waals surface area contributed by atoms with Crippen LogP contribution in [-0.4, -0.2) is 26.6 Å². The van der Waals surface area contributed by atoms with Gasteiger partial charge in [-0.05, 0) is 42.5 Å². The third-order valence-corrected chi connectivity index (χ3v) is 3.11. The Hall–Kier alpha value is -3.48. The first-order valence-electron chi connectivity index (χ1n) is 6.85. The van der Waals surface area contributed by atoms with Gasteiger partial charge in [0.05, 0.1) is 11.3 Å². The molecule has 7 nitrogen and oxygen atoms in total. The van der Waals surface area contributed by atoms with E-state index in [4.69, 9.17) is 0 Å². The largest absolute Gasteiger partial charge is 0.271 e. The molecule has 0 aliphatic heterocycles. The van der Waals surface area contributed by atoms with Crippen LogP contribution in [-0.2, 0) is 0 Å². The molecular formula is C16H13N5O2. The molecule has 0 saturated heterocycles. The Kier molecular flexibility index (Phi) is 4.10. The fourth-order valence-corrected chi connectivity index (χ4v) is 1.94. The molecule has 3 aromatic rings. The SMILES string of the molecule is O=C(NNC(=O)c1cccnc1)c1ccc(-n2cccn2)cc1. The van der Waals surface area contributed by atoms with E-state index in [-0.39, 0.29) is 0 Å². The van der Waals surface area contributed by atoms with Gasteiger partial charge in [0.15, 0.2) is 0 Å². The molecule has 2 aromatic heterocycles. The second-order valence-electron chi connectivity index (χ2n) is 4.65. The van der Waals surface area contributed by atoms with Crippen LogP contribution in [0.1, 0.15) is 20.7 Å². The Morgan fingerprint density at radius 1 is 0.870 bits per heavy atom. The Morgan fingerprint density at radius 2 is 1.61 bits per heavy atom. The highest BCUT2D eigenvalue weighted by Gasteiger charge is 2.09. The van der Waals surface area contributed by atoms with E-state index in [9.17, 15) is 9.59 Å². The number of nitrogens with zero attached hydrogens (tertiary/aromatic N) is 3. The molecule has 3 rings (SSSR count). The van der Waals surface area contributed by atoms with Crippen molar-refractivity contribution in [3.8, 4) is 5.69 Å². The molecule has 114 valence electrons. The van der Waals surface area contributed by atoms with Crippen LogP contribution in [0.5, 0.6) is 0 Å². The highest BCUT2D eigenvalue weighted by atomic mass is 16.2. The molecule has 7 heteroatoms. The number of hydrogen-bond acceptors (Lipinski definition) is 4. The average Bonchev–Trinajstić information content (AvgIpc) is 3.15. The Bertz CT molecular complexity index is 798. The summed E-state index contributed by atoms with van der Waals surface area (Å²) in [4.78, 5) is 27.7. The summed E-state index contributed by atoms with van der Waals surface area (Å²) in [6.07, 6.45) is 6.47. The standard InChI is InChI=1S/C16H13N5O2/c22-15(19-20-16(23)13-3-1-8-17-11-13)12-4-6-14(7-5-12)21-10-2-9-18-21/h1-11H,(H,19,22)(H,20,23). The third kappa shape index (κ3) is 3.41. The average molecular weight is 307 g/mol. The first-order valence-corrected chi connectivity index (χ1v) is 6.85. The maximum Gasteiger partial charge on any atom is 0.271 e. The molecule has 2 N–H and O–H groups in total. The minimum absolute atomic E-state index is 0.363. The summed E-state index contributed by atoms with van der Waals surface area (Å²) in [6, 6.07) is 11.9. The summed E-state index contributed by atoms with van der Waals surface area (Å²) < 4.78 is 1.69. The van der Waals surface area contributed by atoms with Gasteiger partial charge in [0.1, 0.15) is 0 Å². The molecule has 1 aromatic carbocycles. The quantitative estimate of drug-likeness (QED) is 0.715. The number of carbonyl (C=O) groups excluding carboxylic acids is 2. The zero-order valence-electron chi connectivity index (χ0n) is 12.0. The van der Waals surface area contributed by atoms with Crippen LogP contribution in [0.4, 0.5) is 0 Å². The molecule has 2 heterocycles. The first kappa shape index (κ1) is 14.5. The van der Waals surface area contributed by atoms with Crippen LogP contribution in [0.25, 0.3) is 5.69 Å². The third-order valence-electron chi connectivity index (χ3n) is 3.11. The second kappa shape index (κ2) is 6.52. The lowest BCUT2D eigenvalue weighted by atomic mass is 10.2. The van der Waals surface area contributed by atoms with E-state index in [2.05, 4.69) is 20.9 Å². The summed E-state index contributed by atoms with van der Waals surface area (Å²) in [6.45, 7) is 0. The Labute approximate surface area is 131 Å². The normalized spacial score (nSPS) is 10.1. The smallest absolute Gasteiger partial charge is 0.267 e. The second-order valence-corrected chi connectivity index (χ2v) is 4.65. The first-order chi connectivity index (χ1) is 11.2. The van der Waals surface area contributed by atoms with Crippen LogP contribution in [0.2, 0.25) is 0 Å². The van der Waals surface area contributed by atoms with Crippen molar-refractivity contribution in [2.24, 2.45) is 0 Å². The summed E-state index contributed by atoms with van der Waals surface area (Å²) in [5.41, 5.74) is 6.33. The van der Waals surface area contributed by atoms with Crippen LogP contribution in [0, 0.1) is 0 Å². The highest BCUT2D eigenvalue weighted by molar-refractivity contribution is 5.98. The van der Waals surface area contributed by atoms with Crippen molar-refractivity contribution in [3.63, 3.8) is 0 Å². The maximum absolute atomic E-state index is 12.0. The minimum atomic E-state index is -0.431. The lowest BCUT2D eigenvalue weighted by Crippen LogP contribution is -2.41. The predicted octanol–water partition coefficient (Wildman–Crippen LogP) is 1.34. The van der Waals surface area contributed by atoms with Crippen LogP contribution in [0.3, 0.4) is 0 Å². The number of hydrogen-bond donors (Lipinski definition) is 2. The van der Waals surface area contributed by atoms with E-state index in [1.54, 1.807) is 53.5 Å². The van der Waals surface area contributed by atoms with Crippen molar-refractivity contribution in [1.29, 1.82) is 0 Å². The van der Waals surface area contributed by atoms with Crippen molar-refractivity contribution in [2.75, 3.05) is 0 Å². The van der Waals surface area contributed by atoms with Gasteiger partial charge in [-0.25, -0.2) is 4.68 Å². The number of benzene rings is 1. The van der Waals surface area contributed by atoms with Crippen molar-refractivity contribution < 1.29 is 9.59 Å². The molecule has 0 bridgehead atoms. The lowest BCUT2D eigenvalue weighted by molar-refractivity contribution is 0.0846. The van der Waals surface area contributed by atoms with Gasteiger partial charge in [0.2, 0.25) is 0 Å². The van der Waals surface area contributed by atoms with E-state index in [1.165, 1.54) is 6.20 Å². The molecule has 0 unspecified atom stereocenters. The summed E-state index contributed by atoms with van der Waals surface area (Å²) in [7, 11) is 0. The molecule has 0 fully saturated rings. The summed E-state index contributed by atoms with van der Waals surface area (Å²) in [5, 5.41) is 4.11. The predicted molar refractivity (Wildman–Crippen MR) is 82.7 cm³/mol. The number of amides is 2. The van der Waals surface area contributed by atoms with E-state index in [0.717, 1.165) is 5.69 Å². The topological polar surface area (TPSA) is 88.9 Å². The molecule has 2 amide bonds. The van der Waals surface area contributed by atoms with Gasteiger partial charge in [-0.1, -0.05) is 0 Å². The van der Waals surface area contributed by atoms with Crippen LogP contribution >= 0.6 is 0 Å². The monoisotopic (exact) mass is 307 g/mol. The van der Waals surface area contributed by atoms with E-state index in [0.29, 0.717) is 11.1 Å². The molecular weight excluding hydrogens is 294 g/mol. The number of carbonyl (C=O) groups is 2. The van der Waals surface area contributed by atoms with E-state index >= 15 is 0 Å². The molecule has 0 atom stereocenters. The molecule has 0 radical (unpaired) electrons. The van der Waals surface area contributed by atoms with Crippen molar-refractivity contribution in [2.45, 2.75) is 0 Å². The van der Waals surface area contributed by atoms with Gasteiger partial charge < -0.3 is 0 Å². The highest BCUT2D eigenvalue weighted by Crippen LogP contribution is 2.08. The minimum Gasteiger partial charge on any atom is -0.267 e. The van der Waals surface area contributed by atoms with Gasteiger partial charge in [-0.15, -0.1) is 0 Å². The van der Waals surface area contributed by atoms with Crippen LogP contribution in [0.15, 0.2) is 67.3 Å². The molecule has 0 saturated carbocycles. The lowest BCUT2D eigenvalue weighted by Gasteiger charge is -2.08. The fraction of sp³-hybridized carbons (Fsp3) is 0. The molecule has 23 heavy (non-hydrogen) atoms. The summed E-state index contributed by atoms with van der Waals surface area (Å²) >= 11 is 0. The van der Waals surface area contributed by atoms with Crippen LogP contribution < -0.4 is 10.9 Å². The zero-order chi connectivity index (χ0) is 16.1. The van der Waals surface area contributed by atoms with E-state index < -0.39 is 11.8 Å². The molecule has 0 aliphatic carbocycles. The van der Waals surface area contributed by atoms with E-state index in [1.807, 2.05) is 12.3 Å². The van der Waals surface area contributed by atoms with Gasteiger partial charge in [0.25, 0.3) is 11.8 Å². The van der Waals surface area contributed by atoms with Gasteiger partial charge in [-0.2, -0.15) is 5.10 Å². The van der Waals surface area contributed by atoms with Crippen molar-refractivity contribution in [3.05, 3.63) is 78.4 Å². The number of aromatic nitrogens is 3. The Morgan fingerprint density at radius 3 is 2.22 bits per heavy atom. The van der Waals surface area contributed by atoms with Gasteiger partial charge in [0, 0.05) is 30.4 Å². The van der Waals surface area contributed by atoms with Crippen molar-refractivity contribution in [1.82, 2.24) is 25.6 Å². The molecule has 0 aliphatic rings. The fourth-order valence-electron chi connectivity index (χ4n) is 1.94. The maximum atomic E-state index is 12.0. The van der Waals surface area contributed by atoms with Gasteiger partial charge >= 0.3 is 0 Å². The number of nitrogens with one attached hydrogen (secondary N) is 2. The Balaban J connectivity index is 1.61. The number of hydrazine groups is 1. The number of rotatable bonds is 3. The number of pyridine rings is 1.